The molecule has 4 heteroatoms. The van der Waals surface area contributed by atoms with Gasteiger partial charge in [-0.2, -0.15) is 0 Å². The van der Waals surface area contributed by atoms with Gasteiger partial charge in [-0.3, -0.25) is 4.98 Å². The summed E-state index contributed by atoms with van der Waals surface area (Å²) in [6.07, 6.45) is 7.28. The molecule has 0 saturated carbocycles. The molecule has 17 heavy (non-hydrogen) atoms. The third-order valence-corrected chi connectivity index (χ3v) is 2.61. The molecule has 0 amide bonds. The Labute approximate surface area is 101 Å². The minimum atomic E-state index is 0.644. The molecule has 0 fully saturated rings. The van der Waals surface area contributed by atoms with Crippen molar-refractivity contribution in [3.63, 3.8) is 0 Å². The van der Waals surface area contributed by atoms with Crippen molar-refractivity contribution in [1.82, 2.24) is 15.0 Å². The zero-order chi connectivity index (χ0) is 12.1. The smallest absolute Gasteiger partial charge is 0.227 e. The van der Waals surface area contributed by atoms with Crippen LogP contribution in [0.2, 0.25) is 0 Å². The second-order valence-corrected chi connectivity index (χ2v) is 3.73. The molecule has 0 aromatic carbocycles. The van der Waals surface area contributed by atoms with Gasteiger partial charge in [0.2, 0.25) is 5.95 Å². The van der Waals surface area contributed by atoms with Crippen molar-refractivity contribution in [2.75, 3.05) is 5.32 Å². The van der Waals surface area contributed by atoms with Crippen molar-refractivity contribution in [2.24, 2.45) is 0 Å². The Morgan fingerprint density at radius 3 is 2.53 bits per heavy atom. The molecular formula is C13H16N4. The van der Waals surface area contributed by atoms with Crippen molar-refractivity contribution in [3.05, 3.63) is 42.0 Å². The second-order valence-electron chi connectivity index (χ2n) is 3.73. The number of aromatic nitrogens is 3. The van der Waals surface area contributed by atoms with E-state index in [-0.39, 0.29) is 0 Å². The van der Waals surface area contributed by atoms with Crippen LogP contribution in [0.25, 0.3) is 0 Å². The third-order valence-electron chi connectivity index (χ3n) is 2.61. The Morgan fingerprint density at radius 2 is 1.88 bits per heavy atom. The summed E-state index contributed by atoms with van der Waals surface area (Å²) in [6, 6.07) is 3.78. The van der Waals surface area contributed by atoms with E-state index in [1.165, 1.54) is 5.56 Å². The summed E-state index contributed by atoms with van der Waals surface area (Å²) in [6.45, 7) is 4.23. The zero-order valence-electron chi connectivity index (χ0n) is 10.1. The van der Waals surface area contributed by atoms with Crippen molar-refractivity contribution in [1.29, 1.82) is 0 Å². The predicted octanol–water partition coefficient (Wildman–Crippen LogP) is 2.74. The molecule has 0 aliphatic rings. The molecule has 0 aliphatic carbocycles. The highest BCUT2D eigenvalue weighted by molar-refractivity contribution is 5.51. The van der Waals surface area contributed by atoms with Crippen molar-refractivity contribution in [2.45, 2.75) is 26.7 Å². The summed E-state index contributed by atoms with van der Waals surface area (Å²) in [5.41, 5.74) is 3.28. The summed E-state index contributed by atoms with van der Waals surface area (Å²) < 4.78 is 0. The number of nitrogens with zero attached hydrogens (tertiary/aromatic N) is 3. The van der Waals surface area contributed by atoms with Crippen molar-refractivity contribution in [3.8, 4) is 0 Å². The highest BCUT2D eigenvalue weighted by Gasteiger charge is 2.04. The lowest BCUT2D eigenvalue weighted by atomic mass is 10.1. The molecule has 0 unspecified atom stereocenters. The molecule has 2 heterocycles. The standard InChI is InChI=1S/C13H16N4/c1-3-10-9-15-13(17-12(10)4-2)16-11-5-7-14-8-6-11/h5-9H,3-4H2,1-2H3,(H,14,15,16,17). The summed E-state index contributed by atoms with van der Waals surface area (Å²) >= 11 is 0. The number of rotatable bonds is 4. The number of pyridine rings is 1. The van der Waals surface area contributed by atoms with Gasteiger partial charge in [-0.05, 0) is 30.5 Å². The molecule has 0 spiro atoms. The predicted molar refractivity (Wildman–Crippen MR) is 68.3 cm³/mol. The number of hydrogen-bond donors (Lipinski definition) is 1. The molecule has 0 saturated heterocycles. The quantitative estimate of drug-likeness (QED) is 0.874. The van der Waals surface area contributed by atoms with Crippen LogP contribution in [0.3, 0.4) is 0 Å². The van der Waals surface area contributed by atoms with E-state index >= 15 is 0 Å². The van der Waals surface area contributed by atoms with Crippen LogP contribution in [0.4, 0.5) is 11.6 Å². The lowest BCUT2D eigenvalue weighted by molar-refractivity contribution is 0.935. The monoisotopic (exact) mass is 228 g/mol. The Kier molecular flexibility index (Phi) is 3.65. The maximum Gasteiger partial charge on any atom is 0.227 e. The van der Waals surface area contributed by atoms with Gasteiger partial charge in [0.25, 0.3) is 0 Å². The number of anilines is 2. The van der Waals surface area contributed by atoms with E-state index in [4.69, 9.17) is 0 Å². The normalized spacial score (nSPS) is 10.2. The second kappa shape index (κ2) is 5.39. The molecule has 0 atom stereocenters. The molecule has 2 rings (SSSR count). The van der Waals surface area contributed by atoms with Crippen LogP contribution in [-0.4, -0.2) is 15.0 Å². The fourth-order valence-electron chi connectivity index (χ4n) is 1.67. The van der Waals surface area contributed by atoms with Crippen LogP contribution in [-0.2, 0) is 12.8 Å². The van der Waals surface area contributed by atoms with E-state index in [0.29, 0.717) is 5.95 Å². The van der Waals surface area contributed by atoms with Crippen LogP contribution in [0, 0.1) is 0 Å². The molecule has 2 aromatic heterocycles. The average molecular weight is 228 g/mol. The van der Waals surface area contributed by atoms with Crippen LogP contribution >= 0.6 is 0 Å². The number of hydrogen-bond acceptors (Lipinski definition) is 4. The van der Waals surface area contributed by atoms with Crippen LogP contribution in [0.15, 0.2) is 30.7 Å². The van der Waals surface area contributed by atoms with E-state index in [2.05, 4.69) is 34.1 Å². The minimum absolute atomic E-state index is 0.644. The molecule has 4 nitrogen and oxygen atoms in total. The fraction of sp³-hybridized carbons (Fsp3) is 0.308. The number of nitrogens with one attached hydrogen (secondary N) is 1. The van der Waals surface area contributed by atoms with Crippen molar-refractivity contribution < 1.29 is 0 Å². The zero-order valence-corrected chi connectivity index (χ0v) is 10.1. The summed E-state index contributed by atoms with van der Waals surface area (Å²) in [7, 11) is 0. The maximum atomic E-state index is 4.51. The van der Waals surface area contributed by atoms with E-state index in [1.807, 2.05) is 18.3 Å². The Morgan fingerprint density at radius 1 is 1.12 bits per heavy atom. The van der Waals surface area contributed by atoms with E-state index < -0.39 is 0 Å². The fourth-order valence-corrected chi connectivity index (χ4v) is 1.67. The molecule has 88 valence electrons. The van der Waals surface area contributed by atoms with Crippen LogP contribution < -0.4 is 5.32 Å². The van der Waals surface area contributed by atoms with E-state index in [0.717, 1.165) is 24.2 Å². The molecule has 0 bridgehead atoms. The van der Waals surface area contributed by atoms with Gasteiger partial charge in [-0.15, -0.1) is 0 Å². The molecule has 2 aromatic rings. The van der Waals surface area contributed by atoms with E-state index in [9.17, 15) is 0 Å². The number of aryl methyl sites for hydroxylation is 2. The molecule has 1 N–H and O–H groups in total. The first kappa shape index (κ1) is 11.5. The van der Waals surface area contributed by atoms with Gasteiger partial charge in [0.05, 0.1) is 0 Å². The minimum Gasteiger partial charge on any atom is -0.324 e. The van der Waals surface area contributed by atoms with Crippen LogP contribution in [0.5, 0.6) is 0 Å². The lowest BCUT2D eigenvalue weighted by Gasteiger charge is -2.08. The highest BCUT2D eigenvalue weighted by atomic mass is 15.1. The third kappa shape index (κ3) is 2.78. The topological polar surface area (TPSA) is 50.7 Å². The summed E-state index contributed by atoms with van der Waals surface area (Å²) in [5, 5.41) is 3.17. The van der Waals surface area contributed by atoms with Gasteiger partial charge in [0, 0.05) is 30.0 Å². The maximum absolute atomic E-state index is 4.51. The summed E-state index contributed by atoms with van der Waals surface area (Å²) in [4.78, 5) is 12.8. The molecule has 0 aliphatic heterocycles. The van der Waals surface area contributed by atoms with Gasteiger partial charge in [-0.1, -0.05) is 13.8 Å². The summed E-state index contributed by atoms with van der Waals surface area (Å²) in [5.74, 6) is 0.644. The first-order valence-electron chi connectivity index (χ1n) is 5.85. The Balaban J connectivity index is 2.22. The highest BCUT2D eigenvalue weighted by Crippen LogP contribution is 2.14. The lowest BCUT2D eigenvalue weighted by Crippen LogP contribution is -2.03. The van der Waals surface area contributed by atoms with Crippen LogP contribution in [0.1, 0.15) is 25.1 Å². The first-order valence-corrected chi connectivity index (χ1v) is 5.85. The average Bonchev–Trinajstić information content (AvgIpc) is 2.40. The first-order chi connectivity index (χ1) is 8.33. The Bertz CT molecular complexity index is 482. The van der Waals surface area contributed by atoms with Gasteiger partial charge in [0.1, 0.15) is 0 Å². The largest absolute Gasteiger partial charge is 0.324 e. The molecule has 0 radical (unpaired) electrons. The van der Waals surface area contributed by atoms with Crippen molar-refractivity contribution >= 4 is 11.6 Å². The van der Waals surface area contributed by atoms with E-state index in [1.54, 1.807) is 12.4 Å². The van der Waals surface area contributed by atoms with Gasteiger partial charge < -0.3 is 5.32 Å². The SMILES string of the molecule is CCc1cnc(Nc2ccncc2)nc1CC. The van der Waals surface area contributed by atoms with Gasteiger partial charge >= 0.3 is 0 Å². The van der Waals surface area contributed by atoms with Gasteiger partial charge in [0.15, 0.2) is 0 Å². The Hall–Kier alpha value is -1.97. The van der Waals surface area contributed by atoms with Gasteiger partial charge in [-0.25, -0.2) is 9.97 Å². The molecular weight excluding hydrogens is 212 g/mol.